The van der Waals surface area contributed by atoms with E-state index >= 15 is 0 Å². The fourth-order valence-corrected chi connectivity index (χ4v) is 3.63. The first-order valence-electron chi connectivity index (χ1n) is 9.51. The number of ether oxygens (including phenoxy) is 1. The minimum atomic E-state index is -2.51. The van der Waals surface area contributed by atoms with Crippen LogP contribution in [0.1, 0.15) is 33.3 Å². The molecule has 2 aromatic heterocycles. The standard InChI is InChI=1S/C10H11BrF2N2.C6H6BrNO.C4H7F2N.2CH4/c11-9-3-8(4-14-5-9)6-15-2-1-10(12,13)7-15;1-9-6-2-5(7)3-8-4-6;5-4(6)1-2-7-3-4;;/h3-5H,1-2,6-7H2;2-4H,1H3;7H,1-3H2;2*1H4. The molecule has 2 aliphatic heterocycles. The van der Waals surface area contributed by atoms with Crippen molar-refractivity contribution in [1.29, 1.82) is 0 Å². The topological polar surface area (TPSA) is 50.3 Å². The third-order valence-corrected chi connectivity index (χ3v) is 5.25. The Kier molecular flexibility index (Phi) is 14.3. The molecule has 2 fully saturated rings. The number of pyridine rings is 2. The molecule has 0 spiro atoms. The molecule has 0 radical (unpaired) electrons. The van der Waals surface area contributed by atoms with Gasteiger partial charge in [0.1, 0.15) is 5.75 Å². The van der Waals surface area contributed by atoms with Gasteiger partial charge in [0.05, 0.1) is 26.4 Å². The van der Waals surface area contributed by atoms with E-state index in [1.165, 1.54) is 0 Å². The lowest BCUT2D eigenvalue weighted by molar-refractivity contribution is 0.0114. The Bertz CT molecular complexity index is 822. The van der Waals surface area contributed by atoms with Gasteiger partial charge in [-0.05, 0) is 49.6 Å². The molecule has 11 heteroatoms. The van der Waals surface area contributed by atoms with Gasteiger partial charge in [-0.25, -0.2) is 17.6 Å². The van der Waals surface area contributed by atoms with E-state index in [1.807, 2.05) is 12.1 Å². The summed E-state index contributed by atoms with van der Waals surface area (Å²) in [4.78, 5) is 9.64. The van der Waals surface area contributed by atoms with E-state index in [4.69, 9.17) is 4.74 Å². The Morgan fingerprint density at radius 1 is 0.970 bits per heavy atom. The molecule has 0 atom stereocenters. The van der Waals surface area contributed by atoms with Crippen LogP contribution in [-0.4, -0.2) is 60.0 Å². The van der Waals surface area contributed by atoms with Crippen LogP contribution in [0.3, 0.4) is 0 Å². The predicted octanol–water partition coefficient (Wildman–Crippen LogP) is 6.43. The normalized spacial score (nSPS) is 17.9. The second-order valence-corrected chi connectivity index (χ2v) is 8.99. The van der Waals surface area contributed by atoms with E-state index in [1.54, 1.807) is 36.8 Å². The Morgan fingerprint density at radius 2 is 1.61 bits per heavy atom. The fraction of sp³-hybridized carbons (Fsp3) is 0.545. The summed E-state index contributed by atoms with van der Waals surface area (Å²) in [6.07, 6.45) is 6.73. The lowest BCUT2D eigenvalue weighted by atomic mass is 10.3. The highest BCUT2D eigenvalue weighted by molar-refractivity contribution is 9.10. The van der Waals surface area contributed by atoms with Gasteiger partial charge in [-0.1, -0.05) is 14.9 Å². The average molecular weight is 604 g/mol. The number of halogens is 6. The molecule has 0 aromatic carbocycles. The van der Waals surface area contributed by atoms with Crippen LogP contribution in [0.2, 0.25) is 0 Å². The Labute approximate surface area is 210 Å². The van der Waals surface area contributed by atoms with Crippen LogP contribution in [0, 0.1) is 0 Å². The molecule has 4 heterocycles. The Morgan fingerprint density at radius 3 is 2.00 bits per heavy atom. The Hall–Kier alpha value is -1.30. The quantitative estimate of drug-likeness (QED) is 0.410. The maximum Gasteiger partial charge on any atom is 0.261 e. The summed E-state index contributed by atoms with van der Waals surface area (Å²) in [6, 6.07) is 3.76. The van der Waals surface area contributed by atoms with Crippen molar-refractivity contribution in [3.8, 4) is 5.75 Å². The minimum Gasteiger partial charge on any atom is -0.495 e. The van der Waals surface area contributed by atoms with Crippen molar-refractivity contribution in [3.05, 3.63) is 51.4 Å². The summed E-state index contributed by atoms with van der Waals surface area (Å²) in [5, 5.41) is 2.56. The van der Waals surface area contributed by atoms with Crippen molar-refractivity contribution in [3.63, 3.8) is 0 Å². The molecule has 2 saturated heterocycles. The highest BCUT2D eigenvalue weighted by Crippen LogP contribution is 2.28. The third kappa shape index (κ3) is 12.7. The third-order valence-electron chi connectivity index (χ3n) is 4.38. The molecule has 0 bridgehead atoms. The first-order chi connectivity index (χ1) is 14.6. The van der Waals surface area contributed by atoms with Crippen LogP contribution < -0.4 is 10.1 Å². The van der Waals surface area contributed by atoms with E-state index < -0.39 is 11.8 Å². The van der Waals surface area contributed by atoms with Crippen molar-refractivity contribution in [2.24, 2.45) is 0 Å². The van der Waals surface area contributed by atoms with Gasteiger partial charge >= 0.3 is 0 Å². The zero-order valence-electron chi connectivity index (χ0n) is 16.9. The monoisotopic (exact) mass is 602 g/mol. The summed E-state index contributed by atoms with van der Waals surface area (Å²) in [6.45, 7) is 1.20. The smallest absolute Gasteiger partial charge is 0.261 e. The Balaban J connectivity index is 0.000000491. The zero-order chi connectivity index (χ0) is 22.9. The number of hydrogen-bond donors (Lipinski definition) is 1. The van der Waals surface area contributed by atoms with Crippen LogP contribution in [0.15, 0.2) is 45.9 Å². The van der Waals surface area contributed by atoms with Gasteiger partial charge < -0.3 is 10.1 Å². The van der Waals surface area contributed by atoms with Crippen molar-refractivity contribution in [2.75, 3.05) is 33.3 Å². The molecular weight excluding hydrogens is 572 g/mol. The van der Waals surface area contributed by atoms with Crippen LogP contribution in [0.25, 0.3) is 0 Å². The second-order valence-electron chi connectivity index (χ2n) is 7.15. The molecule has 0 aliphatic carbocycles. The first-order valence-corrected chi connectivity index (χ1v) is 11.1. The summed E-state index contributed by atoms with van der Waals surface area (Å²) in [7, 11) is 1.61. The SMILES string of the molecule is C.C.COc1cncc(Br)c1.FC1(F)CCN(Cc2cncc(Br)c2)C1.FC1(F)CCNC1. The van der Waals surface area contributed by atoms with Gasteiger partial charge in [0.25, 0.3) is 11.8 Å². The molecule has 1 N–H and O–H groups in total. The predicted molar refractivity (Wildman–Crippen MR) is 131 cm³/mol. The van der Waals surface area contributed by atoms with Gasteiger partial charge in [-0.15, -0.1) is 0 Å². The molecule has 2 aromatic rings. The number of hydrogen-bond acceptors (Lipinski definition) is 5. The molecule has 4 rings (SSSR count). The highest BCUT2D eigenvalue weighted by atomic mass is 79.9. The number of nitrogens with zero attached hydrogens (tertiary/aromatic N) is 3. The van der Waals surface area contributed by atoms with E-state index in [9.17, 15) is 17.6 Å². The van der Waals surface area contributed by atoms with E-state index in [2.05, 4.69) is 47.1 Å². The molecular formula is C22H32Br2F4N4O. The van der Waals surface area contributed by atoms with E-state index in [0.29, 0.717) is 19.6 Å². The number of likely N-dealkylation sites (tertiary alicyclic amines) is 1. The van der Waals surface area contributed by atoms with Crippen LogP contribution in [0.5, 0.6) is 5.75 Å². The molecule has 188 valence electrons. The van der Waals surface area contributed by atoms with Gasteiger partial charge in [0.2, 0.25) is 0 Å². The fourth-order valence-electron chi connectivity index (χ4n) is 2.88. The lowest BCUT2D eigenvalue weighted by Crippen LogP contribution is -2.24. The van der Waals surface area contributed by atoms with Gasteiger partial charge in [0.15, 0.2) is 0 Å². The minimum absolute atomic E-state index is 0. The molecule has 33 heavy (non-hydrogen) atoms. The molecule has 5 nitrogen and oxygen atoms in total. The number of methoxy groups -OCH3 is 1. The lowest BCUT2D eigenvalue weighted by Gasteiger charge is -2.15. The summed E-state index contributed by atoms with van der Waals surface area (Å²) < 4.78 is 56.3. The maximum atomic E-state index is 12.9. The zero-order valence-corrected chi connectivity index (χ0v) is 20.1. The number of aromatic nitrogens is 2. The molecule has 2 aliphatic rings. The van der Waals surface area contributed by atoms with Crippen LogP contribution in [-0.2, 0) is 6.54 Å². The van der Waals surface area contributed by atoms with Gasteiger partial charge in [-0.3, -0.25) is 14.9 Å². The molecule has 0 saturated carbocycles. The van der Waals surface area contributed by atoms with Crippen LogP contribution >= 0.6 is 31.9 Å². The van der Waals surface area contributed by atoms with Gasteiger partial charge in [0, 0.05) is 60.0 Å². The summed E-state index contributed by atoms with van der Waals surface area (Å²) >= 11 is 6.57. The number of alkyl halides is 4. The molecule has 0 unspecified atom stereocenters. The van der Waals surface area contributed by atoms with Gasteiger partial charge in [-0.2, -0.15) is 0 Å². The van der Waals surface area contributed by atoms with Crippen molar-refractivity contribution >= 4 is 31.9 Å². The second kappa shape index (κ2) is 14.9. The van der Waals surface area contributed by atoms with Crippen molar-refractivity contribution in [2.45, 2.75) is 46.1 Å². The van der Waals surface area contributed by atoms with E-state index in [-0.39, 0.29) is 40.8 Å². The van der Waals surface area contributed by atoms with Crippen molar-refractivity contribution < 1.29 is 22.3 Å². The largest absolute Gasteiger partial charge is 0.495 e. The molecule has 0 amide bonds. The summed E-state index contributed by atoms with van der Waals surface area (Å²) in [5.41, 5.74) is 0.960. The maximum absolute atomic E-state index is 12.9. The first kappa shape index (κ1) is 31.7. The van der Waals surface area contributed by atoms with E-state index in [0.717, 1.165) is 20.3 Å². The van der Waals surface area contributed by atoms with Crippen LogP contribution in [0.4, 0.5) is 17.6 Å². The average Bonchev–Trinajstić information content (AvgIpc) is 3.26. The highest BCUT2D eigenvalue weighted by Gasteiger charge is 2.37. The number of rotatable bonds is 3. The number of nitrogens with one attached hydrogen (secondary N) is 1. The summed E-state index contributed by atoms with van der Waals surface area (Å²) in [5.74, 6) is -4.16. The van der Waals surface area contributed by atoms with Crippen molar-refractivity contribution in [1.82, 2.24) is 20.2 Å².